The number of rotatable bonds is 19. The molecule has 0 bridgehead atoms. The molecule has 20 heteroatoms. The molecule has 2 amide bonds. The number of esters is 2. The van der Waals surface area contributed by atoms with E-state index in [9.17, 15) is 28.8 Å². The van der Waals surface area contributed by atoms with Crippen LogP contribution in [-0.2, 0) is 28.7 Å². The van der Waals surface area contributed by atoms with E-state index < -0.39 is 47.9 Å². The Morgan fingerprint density at radius 1 is 0.729 bits per heavy atom. The number of hydrogen-bond donors (Lipinski definition) is 6. The largest absolute Gasteiger partial charge is 0.464 e. The number of nitrogens with zero attached hydrogens (tertiary/aromatic N) is 2. The predicted molar refractivity (Wildman–Crippen MR) is 197 cm³/mol. The summed E-state index contributed by atoms with van der Waals surface area (Å²) in [6.07, 6.45) is 2.74. The SMILES string of the molecule is CCOC(=O)C(CSSC(=O)[C@@H](N)CS)NC(=O)c1ccnc(-c2cc(C(=O)NC(CSSC(=O)[C@@H](N)CS)C(=O)OCC)ccn2)c1. The molecule has 48 heavy (non-hydrogen) atoms. The molecular formula is C28H36N6O8S6. The van der Waals surface area contributed by atoms with Crippen LogP contribution in [0.4, 0.5) is 0 Å². The van der Waals surface area contributed by atoms with Gasteiger partial charge in [0.05, 0.1) is 36.7 Å². The summed E-state index contributed by atoms with van der Waals surface area (Å²) in [5, 5.41) is 4.61. The van der Waals surface area contributed by atoms with Gasteiger partial charge < -0.3 is 31.6 Å². The van der Waals surface area contributed by atoms with Crippen molar-refractivity contribution in [2.45, 2.75) is 38.0 Å². The van der Waals surface area contributed by atoms with E-state index in [0.717, 1.165) is 43.2 Å². The fourth-order valence-corrected chi connectivity index (χ4v) is 8.06. The van der Waals surface area contributed by atoms with Crippen LogP contribution in [0.3, 0.4) is 0 Å². The zero-order valence-electron chi connectivity index (χ0n) is 25.9. The Morgan fingerprint density at radius 3 is 1.44 bits per heavy atom. The van der Waals surface area contributed by atoms with E-state index in [1.807, 2.05) is 0 Å². The lowest BCUT2D eigenvalue weighted by Crippen LogP contribution is -2.43. The van der Waals surface area contributed by atoms with Gasteiger partial charge in [-0.05, 0) is 59.7 Å². The molecule has 4 atom stereocenters. The summed E-state index contributed by atoms with van der Waals surface area (Å²) in [6, 6.07) is 2.05. The third kappa shape index (κ3) is 13.8. The van der Waals surface area contributed by atoms with Crippen molar-refractivity contribution in [1.29, 1.82) is 0 Å². The van der Waals surface area contributed by atoms with E-state index in [1.165, 1.54) is 36.7 Å². The number of pyridine rings is 2. The first kappa shape index (κ1) is 41.7. The number of nitrogens with two attached hydrogens (primary N) is 2. The molecule has 14 nitrogen and oxygen atoms in total. The summed E-state index contributed by atoms with van der Waals surface area (Å²) >= 11 is 8.01. The zero-order valence-corrected chi connectivity index (χ0v) is 30.9. The van der Waals surface area contributed by atoms with Crippen molar-refractivity contribution in [2.75, 3.05) is 36.2 Å². The second-order valence-electron chi connectivity index (χ2n) is 9.37. The highest BCUT2D eigenvalue weighted by Crippen LogP contribution is 2.26. The lowest BCUT2D eigenvalue weighted by Gasteiger charge is -2.17. The van der Waals surface area contributed by atoms with Gasteiger partial charge in [-0.3, -0.25) is 29.1 Å². The molecule has 2 aromatic rings. The van der Waals surface area contributed by atoms with Gasteiger partial charge >= 0.3 is 11.9 Å². The molecule has 2 rings (SSSR count). The van der Waals surface area contributed by atoms with Gasteiger partial charge in [0.1, 0.15) is 12.1 Å². The van der Waals surface area contributed by atoms with Gasteiger partial charge in [0.25, 0.3) is 11.8 Å². The van der Waals surface area contributed by atoms with E-state index in [2.05, 4.69) is 45.9 Å². The van der Waals surface area contributed by atoms with Crippen LogP contribution in [0.1, 0.15) is 34.6 Å². The maximum Gasteiger partial charge on any atom is 0.329 e. The Kier molecular flexibility index (Phi) is 19.4. The van der Waals surface area contributed by atoms with E-state index in [-0.39, 0.29) is 69.0 Å². The molecular weight excluding hydrogens is 741 g/mol. The minimum atomic E-state index is -1.07. The van der Waals surface area contributed by atoms with Crippen molar-refractivity contribution < 1.29 is 38.2 Å². The summed E-state index contributed by atoms with van der Waals surface area (Å²) < 4.78 is 10.2. The van der Waals surface area contributed by atoms with Crippen LogP contribution in [0.25, 0.3) is 11.4 Å². The average molecular weight is 777 g/mol. The standard InChI is InChI=1S/C28H36N6O8S6/c1-3-41-25(37)21(13-45-47-27(39)17(29)11-43)33-23(35)15-5-7-31-19(9-15)20-10-16(6-8-32-20)24(36)34-22(26(38)42-4-2)14-46-48-28(40)18(30)12-44/h5-10,17-18,21-22,43-44H,3-4,11-14,29-30H2,1-2H3,(H,33,35)(H,34,36)/t17-,18-,21?,22?/m0/s1. The topological polar surface area (TPSA) is 223 Å². The van der Waals surface area contributed by atoms with Gasteiger partial charge in [-0.1, -0.05) is 21.6 Å². The number of thiol groups is 2. The van der Waals surface area contributed by atoms with Crippen LogP contribution >= 0.6 is 68.4 Å². The van der Waals surface area contributed by atoms with Crippen LogP contribution < -0.4 is 22.1 Å². The molecule has 2 unspecified atom stereocenters. The van der Waals surface area contributed by atoms with Crippen LogP contribution in [0, 0.1) is 0 Å². The zero-order chi connectivity index (χ0) is 35.6. The normalized spacial score (nSPS) is 13.4. The molecule has 0 aliphatic rings. The summed E-state index contributed by atoms with van der Waals surface area (Å²) in [5.74, 6) is -2.19. The molecule has 262 valence electrons. The van der Waals surface area contributed by atoms with Gasteiger partial charge in [0.2, 0.25) is 10.2 Å². The lowest BCUT2D eigenvalue weighted by molar-refractivity contribution is -0.145. The molecule has 0 spiro atoms. The third-order valence-corrected chi connectivity index (χ3v) is 11.2. The lowest BCUT2D eigenvalue weighted by atomic mass is 10.1. The van der Waals surface area contributed by atoms with Gasteiger partial charge in [-0.2, -0.15) is 25.3 Å². The maximum atomic E-state index is 13.2. The first-order chi connectivity index (χ1) is 22.9. The van der Waals surface area contributed by atoms with Gasteiger partial charge in [-0.25, -0.2) is 9.59 Å². The molecule has 2 aromatic heterocycles. The summed E-state index contributed by atoms with van der Waals surface area (Å²) in [5.41, 5.74) is 12.1. The van der Waals surface area contributed by atoms with E-state index in [4.69, 9.17) is 20.9 Å². The number of carbonyl (C=O) groups is 6. The molecule has 6 N–H and O–H groups in total. The molecule has 2 heterocycles. The highest BCUT2D eigenvalue weighted by atomic mass is 33.1. The third-order valence-electron chi connectivity index (χ3n) is 5.81. The molecule has 0 aliphatic heterocycles. The number of amides is 2. The highest BCUT2D eigenvalue weighted by molar-refractivity contribution is 8.82. The molecule has 0 aliphatic carbocycles. The quantitative estimate of drug-likeness (QED) is 0.0680. The van der Waals surface area contributed by atoms with Gasteiger partial charge in [-0.15, -0.1) is 0 Å². The Bertz CT molecular complexity index is 1330. The van der Waals surface area contributed by atoms with Crippen LogP contribution in [0.15, 0.2) is 36.7 Å². The van der Waals surface area contributed by atoms with Gasteiger partial charge in [0, 0.05) is 46.5 Å². The van der Waals surface area contributed by atoms with E-state index in [1.54, 1.807) is 13.8 Å². The van der Waals surface area contributed by atoms with Crippen molar-refractivity contribution in [1.82, 2.24) is 20.6 Å². The monoisotopic (exact) mass is 776 g/mol. The number of hydrogen-bond acceptors (Lipinski definition) is 18. The Hall–Kier alpha value is -2.46. The van der Waals surface area contributed by atoms with Crippen molar-refractivity contribution in [2.24, 2.45) is 11.5 Å². The highest BCUT2D eigenvalue weighted by Gasteiger charge is 2.26. The van der Waals surface area contributed by atoms with Crippen molar-refractivity contribution >= 4 is 102 Å². The second-order valence-corrected chi connectivity index (χ2v) is 14.8. The first-order valence-electron chi connectivity index (χ1n) is 14.2. The maximum absolute atomic E-state index is 13.2. The molecule has 0 fully saturated rings. The molecule has 0 radical (unpaired) electrons. The van der Waals surface area contributed by atoms with E-state index in [0.29, 0.717) is 0 Å². The molecule has 0 saturated heterocycles. The van der Waals surface area contributed by atoms with Crippen molar-refractivity contribution in [3.63, 3.8) is 0 Å². The number of aromatic nitrogens is 2. The summed E-state index contributed by atoms with van der Waals surface area (Å²) in [4.78, 5) is 84.0. The second kappa shape index (κ2) is 22.3. The van der Waals surface area contributed by atoms with Crippen molar-refractivity contribution in [3.05, 3.63) is 47.8 Å². The number of nitrogens with one attached hydrogen (secondary N) is 2. The average Bonchev–Trinajstić information content (AvgIpc) is 3.09. The van der Waals surface area contributed by atoms with Crippen LogP contribution in [0.2, 0.25) is 0 Å². The van der Waals surface area contributed by atoms with Crippen LogP contribution in [-0.4, -0.2) is 104 Å². The number of ether oxygens (including phenoxy) is 2. The summed E-state index contributed by atoms with van der Waals surface area (Å²) in [7, 11) is 3.81. The minimum Gasteiger partial charge on any atom is -0.464 e. The first-order valence-corrected chi connectivity index (χ1v) is 20.1. The smallest absolute Gasteiger partial charge is 0.329 e. The summed E-state index contributed by atoms with van der Waals surface area (Å²) in [6.45, 7) is 3.43. The fraction of sp³-hybridized carbons (Fsp3) is 0.429. The van der Waals surface area contributed by atoms with Gasteiger partial charge in [0.15, 0.2) is 0 Å². The minimum absolute atomic E-state index is 0.0282. The fourth-order valence-electron chi connectivity index (χ4n) is 3.32. The Labute approximate surface area is 304 Å². The van der Waals surface area contributed by atoms with Crippen molar-refractivity contribution in [3.8, 4) is 11.4 Å². The Balaban J connectivity index is 2.17. The Morgan fingerprint density at radius 2 is 1.10 bits per heavy atom. The molecule has 0 aromatic carbocycles. The molecule has 0 saturated carbocycles. The predicted octanol–water partition coefficient (Wildman–Crippen LogP) is 1.80. The van der Waals surface area contributed by atoms with E-state index >= 15 is 0 Å². The number of carbonyl (C=O) groups excluding carboxylic acids is 6. The van der Waals surface area contributed by atoms with Crippen LogP contribution in [0.5, 0.6) is 0 Å².